The lowest BCUT2D eigenvalue weighted by atomic mass is 9.94. The first kappa shape index (κ1) is 17.3. The molecule has 0 spiro atoms. The van der Waals surface area contributed by atoms with E-state index in [0.29, 0.717) is 5.91 Å². The number of fused-ring (bicyclic) bond motifs is 1. The first-order chi connectivity index (χ1) is 12.7. The normalized spacial score (nSPS) is 20.0. The van der Waals surface area contributed by atoms with Gasteiger partial charge in [0.1, 0.15) is 5.82 Å². The molecule has 3 heterocycles. The number of hydrogen-bond acceptors (Lipinski definition) is 5. The summed E-state index contributed by atoms with van der Waals surface area (Å²) in [6.45, 7) is 3.28. The average Bonchev–Trinajstić information content (AvgIpc) is 2.73. The van der Waals surface area contributed by atoms with E-state index in [0.717, 1.165) is 56.4 Å². The molecule has 1 unspecified atom stereocenters. The van der Waals surface area contributed by atoms with Crippen molar-refractivity contribution in [2.24, 2.45) is 5.92 Å². The van der Waals surface area contributed by atoms with Crippen LogP contribution >= 0.6 is 11.8 Å². The fourth-order valence-electron chi connectivity index (χ4n) is 3.94. The standard InChI is InChI=1S/C20H24N4OS/c1-26-20-21-10-8-18(22-20)23-11-4-7-17(14-23)19(25)24-12-9-15-5-2-3-6-16(15)13-24/h2-3,5-6,8,10,17H,4,7,9,11-14H2,1H3. The lowest BCUT2D eigenvalue weighted by molar-refractivity contribution is -0.136. The predicted molar refractivity (Wildman–Crippen MR) is 104 cm³/mol. The Balaban J connectivity index is 1.45. The summed E-state index contributed by atoms with van der Waals surface area (Å²) < 4.78 is 0. The van der Waals surface area contributed by atoms with Crippen molar-refractivity contribution >= 4 is 23.5 Å². The van der Waals surface area contributed by atoms with Gasteiger partial charge in [-0.1, -0.05) is 36.0 Å². The first-order valence-corrected chi connectivity index (χ1v) is 10.4. The van der Waals surface area contributed by atoms with Gasteiger partial charge in [-0.15, -0.1) is 0 Å². The molecule has 26 heavy (non-hydrogen) atoms. The second kappa shape index (κ2) is 7.66. The highest BCUT2D eigenvalue weighted by Crippen LogP contribution is 2.26. The maximum absolute atomic E-state index is 13.1. The molecule has 2 aromatic rings. The molecule has 2 aliphatic rings. The molecule has 0 bridgehead atoms. The molecule has 136 valence electrons. The zero-order chi connectivity index (χ0) is 17.9. The third-order valence-corrected chi connectivity index (χ3v) is 5.90. The van der Waals surface area contributed by atoms with Crippen LogP contribution in [0.5, 0.6) is 0 Å². The fraction of sp³-hybridized carbons (Fsp3) is 0.450. The number of hydrogen-bond donors (Lipinski definition) is 0. The van der Waals surface area contributed by atoms with Crippen molar-refractivity contribution in [3.63, 3.8) is 0 Å². The molecule has 6 heteroatoms. The smallest absolute Gasteiger partial charge is 0.227 e. The van der Waals surface area contributed by atoms with E-state index >= 15 is 0 Å². The van der Waals surface area contributed by atoms with Gasteiger partial charge in [-0.3, -0.25) is 4.79 Å². The van der Waals surface area contributed by atoms with Gasteiger partial charge in [0.2, 0.25) is 5.91 Å². The summed E-state index contributed by atoms with van der Waals surface area (Å²) in [5, 5.41) is 0.781. The van der Waals surface area contributed by atoms with Crippen molar-refractivity contribution in [1.29, 1.82) is 0 Å². The highest BCUT2D eigenvalue weighted by molar-refractivity contribution is 7.98. The third kappa shape index (κ3) is 3.56. The van der Waals surface area contributed by atoms with E-state index in [1.165, 1.54) is 11.1 Å². The molecule has 1 aromatic heterocycles. The van der Waals surface area contributed by atoms with Crippen molar-refractivity contribution in [2.75, 3.05) is 30.8 Å². The summed E-state index contributed by atoms with van der Waals surface area (Å²) in [5.74, 6) is 1.29. The summed E-state index contributed by atoms with van der Waals surface area (Å²) in [4.78, 5) is 26.3. The molecule has 1 amide bonds. The number of benzene rings is 1. The lowest BCUT2D eigenvalue weighted by Gasteiger charge is -2.37. The van der Waals surface area contributed by atoms with Gasteiger partial charge in [-0.05, 0) is 42.7 Å². The molecule has 4 rings (SSSR count). The number of rotatable bonds is 3. The molecule has 5 nitrogen and oxygen atoms in total. The second-order valence-corrected chi connectivity index (χ2v) is 7.74. The Kier molecular flexibility index (Phi) is 5.11. The van der Waals surface area contributed by atoms with Crippen LogP contribution in [0.15, 0.2) is 41.7 Å². The lowest BCUT2D eigenvalue weighted by Crippen LogP contribution is -2.46. The third-order valence-electron chi connectivity index (χ3n) is 5.34. The number of aromatic nitrogens is 2. The number of nitrogens with zero attached hydrogens (tertiary/aromatic N) is 4. The van der Waals surface area contributed by atoms with Crippen LogP contribution < -0.4 is 4.90 Å². The largest absolute Gasteiger partial charge is 0.356 e. The zero-order valence-electron chi connectivity index (χ0n) is 15.1. The van der Waals surface area contributed by atoms with Gasteiger partial charge in [0.25, 0.3) is 0 Å². The van der Waals surface area contributed by atoms with E-state index in [2.05, 4.69) is 39.1 Å². The minimum atomic E-state index is 0.0571. The van der Waals surface area contributed by atoms with Gasteiger partial charge in [0.05, 0.1) is 5.92 Å². The Bertz CT molecular complexity index is 797. The van der Waals surface area contributed by atoms with Crippen LogP contribution in [0.2, 0.25) is 0 Å². The summed E-state index contributed by atoms with van der Waals surface area (Å²) in [7, 11) is 0. The van der Waals surface area contributed by atoms with Crippen LogP contribution in [-0.4, -0.2) is 46.7 Å². The summed E-state index contributed by atoms with van der Waals surface area (Å²) in [6, 6.07) is 10.4. The SMILES string of the molecule is CSc1nccc(N2CCCC(C(=O)N3CCc4ccccc4C3)C2)n1. The molecule has 1 saturated heterocycles. The number of amides is 1. The Hall–Kier alpha value is -2.08. The molecular weight excluding hydrogens is 344 g/mol. The highest BCUT2D eigenvalue weighted by atomic mass is 32.2. The number of anilines is 1. The minimum Gasteiger partial charge on any atom is -0.356 e. The van der Waals surface area contributed by atoms with Crippen molar-refractivity contribution < 1.29 is 4.79 Å². The molecule has 0 radical (unpaired) electrons. The summed E-state index contributed by atoms with van der Waals surface area (Å²) >= 11 is 1.55. The first-order valence-electron chi connectivity index (χ1n) is 9.22. The van der Waals surface area contributed by atoms with Crippen molar-refractivity contribution in [2.45, 2.75) is 31.0 Å². The number of thioether (sulfide) groups is 1. The molecule has 0 aliphatic carbocycles. The van der Waals surface area contributed by atoms with Crippen molar-refractivity contribution in [1.82, 2.24) is 14.9 Å². The van der Waals surface area contributed by atoms with Crippen molar-refractivity contribution in [3.05, 3.63) is 47.7 Å². The number of carbonyl (C=O) groups is 1. The Morgan fingerprint density at radius 3 is 2.88 bits per heavy atom. The maximum Gasteiger partial charge on any atom is 0.227 e. The van der Waals surface area contributed by atoms with Gasteiger partial charge in [0.15, 0.2) is 5.16 Å². The van der Waals surface area contributed by atoms with Crippen LogP contribution in [0, 0.1) is 5.92 Å². The van der Waals surface area contributed by atoms with Gasteiger partial charge in [-0.2, -0.15) is 0 Å². The van der Waals surface area contributed by atoms with E-state index in [4.69, 9.17) is 0 Å². The molecule has 2 aliphatic heterocycles. The average molecular weight is 369 g/mol. The monoisotopic (exact) mass is 368 g/mol. The van der Waals surface area contributed by atoms with E-state index in [1.807, 2.05) is 17.2 Å². The van der Waals surface area contributed by atoms with Gasteiger partial charge < -0.3 is 9.80 Å². The quantitative estimate of drug-likeness (QED) is 0.616. The molecular formula is C20H24N4OS. The summed E-state index contributed by atoms with van der Waals surface area (Å²) in [6.07, 6.45) is 6.74. The second-order valence-electron chi connectivity index (χ2n) is 6.97. The Labute approximate surface area is 158 Å². The summed E-state index contributed by atoms with van der Waals surface area (Å²) in [5.41, 5.74) is 2.67. The maximum atomic E-state index is 13.1. The van der Waals surface area contributed by atoms with E-state index in [9.17, 15) is 4.79 Å². The van der Waals surface area contributed by atoms with Crippen LogP contribution in [-0.2, 0) is 17.8 Å². The molecule has 1 atom stereocenters. The van der Waals surface area contributed by atoms with Crippen molar-refractivity contribution in [3.8, 4) is 0 Å². The van der Waals surface area contributed by atoms with Crippen LogP contribution in [0.25, 0.3) is 0 Å². The topological polar surface area (TPSA) is 49.3 Å². The molecule has 1 aromatic carbocycles. The van der Waals surface area contributed by atoms with Crippen LogP contribution in [0.3, 0.4) is 0 Å². The zero-order valence-corrected chi connectivity index (χ0v) is 15.9. The van der Waals surface area contributed by atoms with E-state index in [1.54, 1.807) is 18.0 Å². The Morgan fingerprint density at radius 1 is 1.19 bits per heavy atom. The van der Waals surface area contributed by atoms with Gasteiger partial charge in [-0.25, -0.2) is 9.97 Å². The number of piperidine rings is 1. The molecule has 0 saturated carbocycles. The van der Waals surface area contributed by atoms with Crippen LogP contribution in [0.4, 0.5) is 5.82 Å². The molecule has 0 N–H and O–H groups in total. The Morgan fingerprint density at radius 2 is 2.04 bits per heavy atom. The molecule has 1 fully saturated rings. The predicted octanol–water partition coefficient (Wildman–Crippen LogP) is 3.00. The number of carbonyl (C=O) groups excluding carboxylic acids is 1. The minimum absolute atomic E-state index is 0.0571. The van der Waals surface area contributed by atoms with Crippen LogP contribution in [0.1, 0.15) is 24.0 Å². The van der Waals surface area contributed by atoms with Gasteiger partial charge >= 0.3 is 0 Å². The van der Waals surface area contributed by atoms with E-state index in [-0.39, 0.29) is 5.92 Å². The van der Waals surface area contributed by atoms with E-state index < -0.39 is 0 Å². The van der Waals surface area contributed by atoms with Gasteiger partial charge in [0, 0.05) is 32.4 Å². The fourth-order valence-corrected chi connectivity index (χ4v) is 4.29. The highest BCUT2D eigenvalue weighted by Gasteiger charge is 2.31.